The van der Waals surface area contributed by atoms with Crippen LogP contribution in [0.2, 0.25) is 0 Å². The number of rotatable bonds is 9. The van der Waals surface area contributed by atoms with Crippen LogP contribution in [0.25, 0.3) is 0 Å². The van der Waals surface area contributed by atoms with Gasteiger partial charge < -0.3 is 4.74 Å². The highest BCUT2D eigenvalue weighted by molar-refractivity contribution is 5.82. The summed E-state index contributed by atoms with van der Waals surface area (Å²) in [4.78, 5) is 10.9. The summed E-state index contributed by atoms with van der Waals surface area (Å²) in [6.07, 6.45) is 11.8. The van der Waals surface area contributed by atoms with Crippen molar-refractivity contribution in [3.05, 3.63) is 11.6 Å². The molecular formula is C14H26O2. The van der Waals surface area contributed by atoms with Gasteiger partial charge >= 0.3 is 5.97 Å². The van der Waals surface area contributed by atoms with Gasteiger partial charge in [0.25, 0.3) is 0 Å². The van der Waals surface area contributed by atoms with Crippen molar-refractivity contribution in [2.24, 2.45) is 0 Å². The Morgan fingerprint density at radius 3 is 2.19 bits per heavy atom. The highest BCUT2D eigenvalue weighted by Gasteiger charge is 1.97. The largest absolute Gasteiger partial charge is 0.466 e. The Labute approximate surface area is 100 Å². The number of ether oxygens (including phenoxy) is 1. The van der Waals surface area contributed by atoms with Gasteiger partial charge in [0, 0.05) is 6.08 Å². The van der Waals surface area contributed by atoms with Crippen molar-refractivity contribution < 1.29 is 9.53 Å². The van der Waals surface area contributed by atoms with Gasteiger partial charge in [0.05, 0.1) is 7.11 Å². The second-order valence-electron chi connectivity index (χ2n) is 4.39. The highest BCUT2D eigenvalue weighted by Crippen LogP contribution is 2.11. The first kappa shape index (κ1) is 15.2. The second kappa shape index (κ2) is 10.7. The number of carbonyl (C=O) groups excluding carboxylic acids is 1. The molecule has 0 heterocycles. The van der Waals surface area contributed by atoms with E-state index in [1.54, 1.807) is 6.08 Å². The van der Waals surface area contributed by atoms with Crippen LogP contribution >= 0.6 is 0 Å². The normalized spacial score (nSPS) is 11.6. The molecule has 0 rings (SSSR count). The predicted octanol–water partition coefficient (Wildman–Crippen LogP) is 4.25. The van der Waals surface area contributed by atoms with Crippen molar-refractivity contribution in [3.63, 3.8) is 0 Å². The Bertz CT molecular complexity index is 207. The minimum absolute atomic E-state index is 0.236. The van der Waals surface area contributed by atoms with Crippen LogP contribution in [0.4, 0.5) is 0 Å². The van der Waals surface area contributed by atoms with Crippen LogP contribution in [0.5, 0.6) is 0 Å². The number of esters is 1. The van der Waals surface area contributed by atoms with Crippen LogP contribution in [-0.2, 0) is 9.53 Å². The first-order valence-corrected chi connectivity index (χ1v) is 6.45. The van der Waals surface area contributed by atoms with E-state index in [1.807, 2.05) is 6.92 Å². The number of methoxy groups -OCH3 is 1. The molecule has 0 amide bonds. The molecule has 94 valence electrons. The zero-order valence-corrected chi connectivity index (χ0v) is 11.1. The SMILES string of the molecule is CCCCCCCCC/C(C)=C\C(=O)OC. The van der Waals surface area contributed by atoms with Crippen molar-refractivity contribution in [1.29, 1.82) is 0 Å². The quantitative estimate of drug-likeness (QED) is 0.334. The van der Waals surface area contributed by atoms with E-state index in [0.29, 0.717) is 0 Å². The molecule has 0 N–H and O–H groups in total. The third kappa shape index (κ3) is 9.75. The lowest BCUT2D eigenvalue weighted by Crippen LogP contribution is -1.95. The van der Waals surface area contributed by atoms with E-state index in [4.69, 9.17) is 0 Å². The first-order valence-electron chi connectivity index (χ1n) is 6.45. The summed E-state index contributed by atoms with van der Waals surface area (Å²) >= 11 is 0. The molecule has 0 saturated carbocycles. The summed E-state index contributed by atoms with van der Waals surface area (Å²) < 4.78 is 4.58. The fraction of sp³-hybridized carbons (Fsp3) is 0.786. The zero-order valence-electron chi connectivity index (χ0n) is 11.1. The van der Waals surface area contributed by atoms with E-state index in [1.165, 1.54) is 52.1 Å². The molecule has 0 aromatic heterocycles. The molecule has 2 nitrogen and oxygen atoms in total. The Morgan fingerprint density at radius 1 is 1.06 bits per heavy atom. The monoisotopic (exact) mass is 226 g/mol. The molecule has 0 spiro atoms. The first-order chi connectivity index (χ1) is 7.70. The second-order valence-corrected chi connectivity index (χ2v) is 4.39. The summed E-state index contributed by atoms with van der Waals surface area (Å²) in [7, 11) is 1.42. The molecule has 0 fully saturated rings. The Balaban J connectivity index is 3.37. The molecular weight excluding hydrogens is 200 g/mol. The van der Waals surface area contributed by atoms with Gasteiger partial charge in [-0.1, -0.05) is 51.0 Å². The fourth-order valence-corrected chi connectivity index (χ4v) is 1.69. The van der Waals surface area contributed by atoms with E-state index in [9.17, 15) is 4.79 Å². The van der Waals surface area contributed by atoms with E-state index >= 15 is 0 Å². The van der Waals surface area contributed by atoms with Gasteiger partial charge in [0.1, 0.15) is 0 Å². The number of hydrogen-bond donors (Lipinski definition) is 0. The Hall–Kier alpha value is -0.790. The predicted molar refractivity (Wildman–Crippen MR) is 68.4 cm³/mol. The molecule has 0 aliphatic carbocycles. The molecule has 0 atom stereocenters. The maximum Gasteiger partial charge on any atom is 0.330 e. The zero-order chi connectivity index (χ0) is 12.2. The third-order valence-corrected chi connectivity index (χ3v) is 2.74. The van der Waals surface area contributed by atoms with Crippen molar-refractivity contribution in [3.8, 4) is 0 Å². The molecule has 0 aromatic rings. The number of hydrogen-bond acceptors (Lipinski definition) is 2. The molecule has 0 aliphatic rings. The number of unbranched alkanes of at least 4 members (excludes halogenated alkanes) is 6. The third-order valence-electron chi connectivity index (χ3n) is 2.74. The Kier molecular flexibility index (Phi) is 10.2. The average Bonchev–Trinajstić information content (AvgIpc) is 2.27. The highest BCUT2D eigenvalue weighted by atomic mass is 16.5. The maximum absolute atomic E-state index is 10.9. The molecule has 0 aliphatic heterocycles. The summed E-state index contributed by atoms with van der Waals surface area (Å²) in [5.74, 6) is -0.236. The van der Waals surface area contributed by atoms with Gasteiger partial charge in [-0.15, -0.1) is 0 Å². The molecule has 0 aromatic carbocycles. The van der Waals surface area contributed by atoms with Gasteiger partial charge in [-0.2, -0.15) is 0 Å². The van der Waals surface area contributed by atoms with Gasteiger partial charge in [-0.05, 0) is 19.8 Å². The van der Waals surface area contributed by atoms with Crippen LogP contribution in [0, 0.1) is 0 Å². The summed E-state index contributed by atoms with van der Waals surface area (Å²) in [5.41, 5.74) is 1.13. The molecule has 0 unspecified atom stereocenters. The lowest BCUT2D eigenvalue weighted by atomic mass is 10.1. The van der Waals surface area contributed by atoms with Crippen LogP contribution in [-0.4, -0.2) is 13.1 Å². The van der Waals surface area contributed by atoms with Crippen molar-refractivity contribution in [2.75, 3.05) is 7.11 Å². The molecule has 0 radical (unpaired) electrons. The molecule has 2 heteroatoms. The van der Waals surface area contributed by atoms with E-state index < -0.39 is 0 Å². The van der Waals surface area contributed by atoms with Crippen molar-refractivity contribution in [2.45, 2.75) is 65.2 Å². The Morgan fingerprint density at radius 2 is 1.62 bits per heavy atom. The van der Waals surface area contributed by atoms with Crippen molar-refractivity contribution >= 4 is 5.97 Å². The summed E-state index contributed by atoms with van der Waals surface area (Å²) in [5, 5.41) is 0. The minimum atomic E-state index is -0.236. The van der Waals surface area contributed by atoms with Gasteiger partial charge in [-0.25, -0.2) is 4.79 Å². The number of allylic oxidation sites excluding steroid dienone is 1. The van der Waals surface area contributed by atoms with Crippen LogP contribution in [0.1, 0.15) is 65.2 Å². The van der Waals surface area contributed by atoms with Gasteiger partial charge in [0.2, 0.25) is 0 Å². The van der Waals surface area contributed by atoms with Crippen LogP contribution < -0.4 is 0 Å². The molecule has 0 bridgehead atoms. The van der Waals surface area contributed by atoms with Gasteiger partial charge in [0.15, 0.2) is 0 Å². The van der Waals surface area contributed by atoms with E-state index in [2.05, 4.69) is 11.7 Å². The summed E-state index contributed by atoms with van der Waals surface area (Å²) in [6.45, 7) is 4.23. The van der Waals surface area contributed by atoms with Crippen LogP contribution in [0.3, 0.4) is 0 Å². The van der Waals surface area contributed by atoms with Crippen LogP contribution in [0.15, 0.2) is 11.6 Å². The average molecular weight is 226 g/mol. The van der Waals surface area contributed by atoms with Crippen molar-refractivity contribution in [1.82, 2.24) is 0 Å². The minimum Gasteiger partial charge on any atom is -0.466 e. The fourth-order valence-electron chi connectivity index (χ4n) is 1.69. The maximum atomic E-state index is 10.9. The van der Waals surface area contributed by atoms with E-state index in [0.717, 1.165) is 12.0 Å². The summed E-state index contributed by atoms with van der Waals surface area (Å²) in [6, 6.07) is 0. The lowest BCUT2D eigenvalue weighted by molar-refractivity contribution is -0.134. The topological polar surface area (TPSA) is 26.3 Å². The van der Waals surface area contributed by atoms with Gasteiger partial charge in [-0.3, -0.25) is 0 Å². The smallest absolute Gasteiger partial charge is 0.330 e. The van der Waals surface area contributed by atoms with E-state index in [-0.39, 0.29) is 5.97 Å². The molecule has 16 heavy (non-hydrogen) atoms. The number of carbonyl (C=O) groups is 1. The standard InChI is InChI=1S/C14H26O2/c1-4-5-6-7-8-9-10-11-13(2)12-14(15)16-3/h12H,4-11H2,1-3H3/b13-12-. The molecule has 0 saturated heterocycles. The lowest BCUT2D eigenvalue weighted by Gasteiger charge is -2.02.